The Morgan fingerprint density at radius 1 is 0.964 bits per heavy atom. The monoisotopic (exact) mass is 431 g/mol. The molecule has 0 atom stereocenters. The molecule has 0 bridgehead atoms. The second-order valence-corrected chi connectivity index (χ2v) is 6.95. The van der Waals surface area contributed by atoms with Crippen LogP contribution in [0.4, 0.5) is 13.2 Å². The van der Waals surface area contributed by atoms with E-state index in [4.69, 9.17) is 16.3 Å². The Morgan fingerprint density at radius 2 is 1.57 bits per heavy atom. The minimum absolute atomic E-state index is 0. The van der Waals surface area contributed by atoms with Crippen LogP contribution in [0.25, 0.3) is 11.4 Å². The lowest BCUT2D eigenvalue weighted by Gasteiger charge is -2.25. The predicted octanol–water partition coefficient (Wildman–Crippen LogP) is 5.89. The van der Waals surface area contributed by atoms with E-state index in [-0.39, 0.29) is 23.8 Å². The summed E-state index contributed by atoms with van der Waals surface area (Å²) in [7, 11) is 1.62. The summed E-state index contributed by atoms with van der Waals surface area (Å²) in [6.07, 6.45) is -4.49. The molecule has 4 nitrogen and oxygen atoms in total. The number of aromatic nitrogens is 3. The van der Waals surface area contributed by atoms with Gasteiger partial charge in [0.05, 0.1) is 5.56 Å². The van der Waals surface area contributed by atoms with Gasteiger partial charge in [0.25, 0.3) is 0 Å². The molecular weight excluding hydrogens is 414 g/mol. The van der Waals surface area contributed by atoms with E-state index in [2.05, 4.69) is 10.2 Å². The van der Waals surface area contributed by atoms with Crippen molar-refractivity contribution in [3.63, 3.8) is 0 Å². The number of ether oxygens (including phenoxy) is 1. The van der Waals surface area contributed by atoms with E-state index >= 15 is 0 Å². The summed E-state index contributed by atoms with van der Waals surface area (Å²) in [6, 6.07) is 12.1. The quantitative estimate of drug-likeness (QED) is 0.516. The highest BCUT2D eigenvalue weighted by molar-refractivity contribution is 6.30. The van der Waals surface area contributed by atoms with E-state index in [0.717, 1.165) is 6.07 Å². The van der Waals surface area contributed by atoms with Gasteiger partial charge in [0.2, 0.25) is 0 Å². The van der Waals surface area contributed by atoms with Crippen LogP contribution < -0.4 is 4.74 Å². The van der Waals surface area contributed by atoms with E-state index in [0.29, 0.717) is 16.6 Å². The van der Waals surface area contributed by atoms with Gasteiger partial charge in [0.1, 0.15) is 5.75 Å². The highest BCUT2D eigenvalue weighted by atomic mass is 35.5. The highest BCUT2D eigenvalue weighted by Crippen LogP contribution is 2.37. The molecule has 150 valence electrons. The lowest BCUT2D eigenvalue weighted by molar-refractivity contribution is -0.137. The third-order valence-electron chi connectivity index (χ3n) is 4.07. The fraction of sp³-hybridized carbons (Fsp3) is 0.263. The van der Waals surface area contributed by atoms with E-state index < -0.39 is 17.3 Å². The van der Waals surface area contributed by atoms with Crippen LogP contribution in [0.5, 0.6) is 5.75 Å². The van der Waals surface area contributed by atoms with E-state index in [1.165, 1.54) is 22.8 Å². The van der Waals surface area contributed by atoms with Crippen LogP contribution in [-0.4, -0.2) is 14.8 Å². The van der Waals surface area contributed by atoms with Crippen LogP contribution in [0.2, 0.25) is 5.02 Å². The number of alkyl halides is 3. The normalized spacial score (nSPS) is 11.8. The molecule has 0 radical (unpaired) electrons. The van der Waals surface area contributed by atoms with Crippen molar-refractivity contribution in [1.29, 1.82) is 0 Å². The van der Waals surface area contributed by atoms with Gasteiger partial charge in [-0.05, 0) is 44.2 Å². The van der Waals surface area contributed by atoms with Gasteiger partial charge in [0, 0.05) is 17.6 Å². The molecule has 0 aliphatic heterocycles. The highest BCUT2D eigenvalue weighted by Gasteiger charge is 2.36. The molecule has 0 aliphatic carbocycles. The van der Waals surface area contributed by atoms with E-state index in [9.17, 15) is 13.2 Å². The zero-order valence-electron chi connectivity index (χ0n) is 15.3. The summed E-state index contributed by atoms with van der Waals surface area (Å²) < 4.78 is 47.5. The van der Waals surface area contributed by atoms with Crippen LogP contribution in [0.3, 0.4) is 0 Å². The standard InChI is InChI=1S/C19H17ClF3N3O.ClH/c1-18(2,27-13-10-8-12(20)9-11-13)17-25-24-16(26(17)3)14-6-4-5-7-15(14)19(21,22)23;/h4-11H,1-3H3;1H. The molecular formula is C19H18Cl2F3N3O. The molecule has 1 aromatic heterocycles. The summed E-state index contributed by atoms with van der Waals surface area (Å²) in [4.78, 5) is 0. The van der Waals surface area contributed by atoms with E-state index in [1.54, 1.807) is 45.2 Å². The summed E-state index contributed by atoms with van der Waals surface area (Å²) in [5.74, 6) is 1.07. The Hall–Kier alpha value is -2.25. The Morgan fingerprint density at radius 3 is 2.18 bits per heavy atom. The summed E-state index contributed by atoms with van der Waals surface area (Å²) in [6.45, 7) is 3.54. The predicted molar refractivity (Wildman–Crippen MR) is 104 cm³/mol. The number of rotatable bonds is 4. The van der Waals surface area contributed by atoms with Gasteiger partial charge in [-0.25, -0.2) is 0 Å². The average molecular weight is 432 g/mol. The Bertz CT molecular complexity index is 954. The first kappa shape index (κ1) is 22.0. The Kier molecular flexibility index (Phi) is 6.31. The van der Waals surface area contributed by atoms with Gasteiger partial charge < -0.3 is 9.30 Å². The fourth-order valence-corrected chi connectivity index (χ4v) is 2.98. The van der Waals surface area contributed by atoms with Gasteiger partial charge in [-0.1, -0.05) is 29.8 Å². The molecule has 0 fully saturated rings. The lowest BCUT2D eigenvalue weighted by atomic mass is 10.1. The van der Waals surface area contributed by atoms with Crippen molar-refractivity contribution in [2.45, 2.75) is 25.6 Å². The second-order valence-electron chi connectivity index (χ2n) is 6.52. The number of nitrogens with zero attached hydrogens (tertiary/aromatic N) is 3. The van der Waals surface area contributed by atoms with Crippen LogP contribution in [0, 0.1) is 0 Å². The third-order valence-corrected chi connectivity index (χ3v) is 4.33. The molecule has 9 heteroatoms. The SMILES string of the molecule is Cl.Cn1c(-c2ccccc2C(F)(F)F)nnc1C(C)(C)Oc1ccc(Cl)cc1. The van der Waals surface area contributed by atoms with Crippen molar-refractivity contribution in [2.75, 3.05) is 0 Å². The van der Waals surface area contributed by atoms with Gasteiger partial charge >= 0.3 is 6.18 Å². The fourth-order valence-electron chi connectivity index (χ4n) is 2.86. The van der Waals surface area contributed by atoms with Crippen LogP contribution in [-0.2, 0) is 18.8 Å². The molecule has 3 rings (SSSR count). The van der Waals surface area contributed by atoms with Crippen molar-refractivity contribution in [2.24, 2.45) is 7.05 Å². The van der Waals surface area contributed by atoms with Gasteiger partial charge in [-0.3, -0.25) is 0 Å². The zero-order valence-corrected chi connectivity index (χ0v) is 16.9. The van der Waals surface area contributed by atoms with Crippen molar-refractivity contribution in [1.82, 2.24) is 14.8 Å². The first-order valence-electron chi connectivity index (χ1n) is 8.10. The molecule has 3 aromatic rings. The molecule has 0 unspecified atom stereocenters. The molecule has 0 saturated carbocycles. The first-order chi connectivity index (χ1) is 12.6. The number of halogens is 5. The molecule has 0 N–H and O–H groups in total. The largest absolute Gasteiger partial charge is 0.480 e. The number of hydrogen-bond donors (Lipinski definition) is 0. The topological polar surface area (TPSA) is 39.9 Å². The molecule has 0 aliphatic rings. The molecule has 1 heterocycles. The van der Waals surface area contributed by atoms with Crippen molar-refractivity contribution in [3.8, 4) is 17.1 Å². The number of hydrogen-bond acceptors (Lipinski definition) is 3. The summed E-state index contributed by atoms with van der Waals surface area (Å²) in [5.41, 5.74) is -1.72. The van der Waals surface area contributed by atoms with Gasteiger partial charge in [-0.15, -0.1) is 22.6 Å². The second kappa shape index (κ2) is 8.01. The molecule has 2 aromatic carbocycles. The molecule has 0 saturated heterocycles. The third kappa shape index (κ3) is 4.42. The van der Waals surface area contributed by atoms with Crippen LogP contribution >= 0.6 is 24.0 Å². The Labute approximate surface area is 171 Å². The maximum atomic E-state index is 13.3. The van der Waals surface area contributed by atoms with Gasteiger partial charge in [0.15, 0.2) is 17.2 Å². The first-order valence-corrected chi connectivity index (χ1v) is 8.48. The van der Waals surface area contributed by atoms with Gasteiger partial charge in [-0.2, -0.15) is 13.2 Å². The molecule has 0 amide bonds. The maximum absolute atomic E-state index is 13.3. The summed E-state index contributed by atoms with van der Waals surface area (Å²) in [5, 5.41) is 8.66. The molecule has 0 spiro atoms. The minimum atomic E-state index is -4.49. The lowest BCUT2D eigenvalue weighted by Crippen LogP contribution is -2.29. The zero-order chi connectivity index (χ0) is 19.8. The van der Waals surface area contributed by atoms with Crippen LogP contribution in [0.1, 0.15) is 25.2 Å². The number of benzene rings is 2. The Balaban J connectivity index is 0.00000280. The maximum Gasteiger partial charge on any atom is 0.417 e. The summed E-state index contributed by atoms with van der Waals surface area (Å²) >= 11 is 5.87. The van der Waals surface area contributed by atoms with Crippen molar-refractivity contribution in [3.05, 3.63) is 64.9 Å². The average Bonchev–Trinajstić information content (AvgIpc) is 2.98. The minimum Gasteiger partial charge on any atom is -0.480 e. The molecule has 28 heavy (non-hydrogen) atoms. The van der Waals surface area contributed by atoms with Crippen molar-refractivity contribution < 1.29 is 17.9 Å². The van der Waals surface area contributed by atoms with E-state index in [1.807, 2.05) is 0 Å². The van der Waals surface area contributed by atoms with Crippen LogP contribution in [0.15, 0.2) is 48.5 Å². The van der Waals surface area contributed by atoms with Crippen molar-refractivity contribution >= 4 is 24.0 Å². The smallest absolute Gasteiger partial charge is 0.417 e.